The molecule has 0 radical (unpaired) electrons. The summed E-state index contributed by atoms with van der Waals surface area (Å²) < 4.78 is 6.01. The monoisotopic (exact) mass is 299 g/mol. The van der Waals surface area contributed by atoms with E-state index in [1.54, 1.807) is 0 Å². The number of benzene rings is 3. The quantitative estimate of drug-likeness (QED) is 0.745. The lowest BCUT2D eigenvalue weighted by molar-refractivity contribution is -0.366. The first-order valence-corrected chi connectivity index (χ1v) is 6.91. The van der Waals surface area contributed by atoms with Crippen LogP contribution in [0.15, 0.2) is 66.7 Å². The van der Waals surface area contributed by atoms with Gasteiger partial charge in [-0.15, -0.1) is 0 Å². The summed E-state index contributed by atoms with van der Waals surface area (Å²) in [6.45, 7) is 0.906. The molecular weight excluding hydrogens is 282 g/mol. The van der Waals surface area contributed by atoms with Crippen LogP contribution in [0.2, 0.25) is 0 Å². The van der Waals surface area contributed by atoms with Crippen LogP contribution in [0.1, 0.15) is 5.56 Å². The molecule has 3 N–H and O–H groups in total. The lowest BCUT2D eigenvalue weighted by atomic mass is 10.0. The number of fused-ring (bicyclic) bond motifs is 1. The normalized spacial score (nSPS) is 10.1. The number of ether oxygens (including phenoxy) is 1. The van der Waals surface area contributed by atoms with Crippen LogP contribution in [0.4, 0.5) is 0 Å². The average molecular weight is 300 g/mol. The van der Waals surface area contributed by atoms with E-state index in [9.17, 15) is 0 Å². The molecule has 0 aliphatic rings. The van der Waals surface area contributed by atoms with Crippen molar-refractivity contribution in [3.05, 3.63) is 72.3 Å². The van der Waals surface area contributed by atoms with E-state index >= 15 is 0 Å². The second-order valence-corrected chi connectivity index (χ2v) is 4.79. The number of quaternary nitrogens is 1. The van der Waals surface area contributed by atoms with Crippen LogP contribution >= 0.6 is 0 Å². The summed E-state index contributed by atoms with van der Waals surface area (Å²) in [5.41, 5.74) is 5.28. The SMILES string of the molecule is [Cl-].[NH3+]CCc1ccc(Oc2ccccc2)c2ccccc12. The van der Waals surface area contributed by atoms with E-state index in [4.69, 9.17) is 4.74 Å². The first kappa shape index (κ1) is 15.4. The fraction of sp³-hybridized carbons (Fsp3) is 0.111. The van der Waals surface area contributed by atoms with Crippen molar-refractivity contribution in [3.8, 4) is 11.5 Å². The molecule has 0 unspecified atom stereocenters. The zero-order valence-electron chi connectivity index (χ0n) is 11.8. The Bertz CT molecular complexity index is 713. The summed E-state index contributed by atoms with van der Waals surface area (Å²) >= 11 is 0. The molecule has 0 fully saturated rings. The highest BCUT2D eigenvalue weighted by Crippen LogP contribution is 2.32. The topological polar surface area (TPSA) is 36.9 Å². The maximum absolute atomic E-state index is 6.01. The summed E-state index contributed by atoms with van der Waals surface area (Å²) in [6, 6.07) is 22.5. The summed E-state index contributed by atoms with van der Waals surface area (Å²) in [6.07, 6.45) is 0.992. The molecule has 0 saturated carbocycles. The number of para-hydroxylation sites is 1. The number of hydrogen-bond donors (Lipinski definition) is 1. The lowest BCUT2D eigenvalue weighted by Crippen LogP contribution is -3.00. The van der Waals surface area contributed by atoms with Gasteiger partial charge in [-0.25, -0.2) is 0 Å². The van der Waals surface area contributed by atoms with Gasteiger partial charge in [0.15, 0.2) is 0 Å². The molecule has 0 aromatic heterocycles. The van der Waals surface area contributed by atoms with Gasteiger partial charge in [0.1, 0.15) is 11.5 Å². The van der Waals surface area contributed by atoms with Gasteiger partial charge in [-0.05, 0) is 29.1 Å². The van der Waals surface area contributed by atoms with Crippen LogP contribution in [0.25, 0.3) is 10.8 Å². The third kappa shape index (κ3) is 3.35. The van der Waals surface area contributed by atoms with Gasteiger partial charge < -0.3 is 22.9 Å². The average Bonchev–Trinajstić information content (AvgIpc) is 2.51. The van der Waals surface area contributed by atoms with Crippen molar-refractivity contribution in [2.45, 2.75) is 6.42 Å². The molecule has 0 aliphatic carbocycles. The van der Waals surface area contributed by atoms with Gasteiger partial charge >= 0.3 is 0 Å². The number of hydrogen-bond acceptors (Lipinski definition) is 1. The highest BCUT2D eigenvalue weighted by atomic mass is 35.5. The second-order valence-electron chi connectivity index (χ2n) is 4.79. The first-order chi connectivity index (χ1) is 9.88. The van der Waals surface area contributed by atoms with Gasteiger partial charge in [0.05, 0.1) is 6.54 Å². The molecule has 21 heavy (non-hydrogen) atoms. The smallest absolute Gasteiger partial charge is 0.135 e. The summed E-state index contributed by atoms with van der Waals surface area (Å²) in [7, 11) is 0. The van der Waals surface area contributed by atoms with E-state index in [0.29, 0.717) is 0 Å². The Balaban J connectivity index is 0.00000161. The van der Waals surface area contributed by atoms with Crippen molar-refractivity contribution < 1.29 is 22.9 Å². The van der Waals surface area contributed by atoms with E-state index in [-0.39, 0.29) is 12.4 Å². The molecule has 0 heterocycles. The Labute approximate surface area is 131 Å². The summed E-state index contributed by atoms with van der Waals surface area (Å²) in [4.78, 5) is 0. The van der Waals surface area contributed by atoms with Gasteiger partial charge in [-0.3, -0.25) is 0 Å². The Morgan fingerprint density at radius 3 is 2.14 bits per heavy atom. The lowest BCUT2D eigenvalue weighted by Gasteiger charge is -2.11. The van der Waals surface area contributed by atoms with Crippen LogP contribution in [0.3, 0.4) is 0 Å². The first-order valence-electron chi connectivity index (χ1n) is 6.91. The standard InChI is InChI=1S/C18H17NO.ClH/c19-13-12-14-10-11-18(17-9-5-4-8-16(14)17)20-15-6-2-1-3-7-15;/h1-11H,12-13,19H2;1H. The molecule has 3 aromatic carbocycles. The molecule has 108 valence electrons. The van der Waals surface area contributed by atoms with Crippen LogP contribution < -0.4 is 22.9 Å². The van der Waals surface area contributed by atoms with E-state index in [1.165, 1.54) is 10.9 Å². The maximum atomic E-state index is 6.01. The van der Waals surface area contributed by atoms with Crippen molar-refractivity contribution in [1.82, 2.24) is 0 Å². The molecule has 2 nitrogen and oxygen atoms in total. The van der Waals surface area contributed by atoms with Gasteiger partial charge in [0, 0.05) is 11.8 Å². The largest absolute Gasteiger partial charge is 1.00 e. The Morgan fingerprint density at radius 1 is 0.762 bits per heavy atom. The van der Waals surface area contributed by atoms with Gasteiger partial charge in [0.25, 0.3) is 0 Å². The minimum Gasteiger partial charge on any atom is -1.00 e. The maximum Gasteiger partial charge on any atom is 0.135 e. The molecule has 0 bridgehead atoms. The van der Waals surface area contributed by atoms with Crippen LogP contribution in [-0.4, -0.2) is 6.54 Å². The Morgan fingerprint density at radius 2 is 1.43 bits per heavy atom. The van der Waals surface area contributed by atoms with Crippen LogP contribution in [0.5, 0.6) is 11.5 Å². The summed E-state index contributed by atoms with van der Waals surface area (Å²) in [5.74, 6) is 1.77. The van der Waals surface area contributed by atoms with Gasteiger partial charge in [-0.2, -0.15) is 0 Å². The second kappa shape index (κ2) is 7.11. The molecule has 0 aliphatic heterocycles. The molecule has 0 spiro atoms. The Kier molecular flexibility index (Phi) is 5.20. The predicted octanol–water partition coefficient (Wildman–Crippen LogP) is 0.421. The number of halogens is 1. The third-order valence-electron chi connectivity index (χ3n) is 3.39. The van der Waals surface area contributed by atoms with Crippen LogP contribution in [0, 0.1) is 0 Å². The molecule has 3 heteroatoms. The van der Waals surface area contributed by atoms with Gasteiger partial charge in [-0.1, -0.05) is 48.5 Å². The van der Waals surface area contributed by atoms with Gasteiger partial charge in [0.2, 0.25) is 0 Å². The molecule has 0 amide bonds. The fourth-order valence-corrected chi connectivity index (χ4v) is 2.45. The highest BCUT2D eigenvalue weighted by molar-refractivity contribution is 5.91. The van der Waals surface area contributed by atoms with Crippen molar-refractivity contribution in [1.29, 1.82) is 0 Å². The van der Waals surface area contributed by atoms with Crippen LogP contribution in [-0.2, 0) is 6.42 Å². The van der Waals surface area contributed by atoms with Crippen molar-refractivity contribution >= 4 is 10.8 Å². The zero-order valence-corrected chi connectivity index (χ0v) is 12.5. The van der Waals surface area contributed by atoms with Crippen molar-refractivity contribution in [2.24, 2.45) is 0 Å². The summed E-state index contributed by atoms with van der Waals surface area (Å²) in [5, 5.41) is 2.41. The minimum atomic E-state index is 0. The van der Waals surface area contributed by atoms with E-state index in [2.05, 4.69) is 36.1 Å². The third-order valence-corrected chi connectivity index (χ3v) is 3.39. The molecule has 0 atom stereocenters. The predicted molar refractivity (Wildman–Crippen MR) is 81.9 cm³/mol. The minimum absolute atomic E-state index is 0. The van der Waals surface area contributed by atoms with E-state index < -0.39 is 0 Å². The molecule has 3 aromatic rings. The molecule has 0 saturated heterocycles. The highest BCUT2D eigenvalue weighted by Gasteiger charge is 2.07. The van der Waals surface area contributed by atoms with E-state index in [1.807, 2.05) is 36.4 Å². The van der Waals surface area contributed by atoms with E-state index in [0.717, 1.165) is 29.9 Å². The Hall–Kier alpha value is -2.03. The van der Waals surface area contributed by atoms with Crippen molar-refractivity contribution in [2.75, 3.05) is 6.54 Å². The fourth-order valence-electron chi connectivity index (χ4n) is 2.45. The molecule has 3 rings (SSSR count). The van der Waals surface area contributed by atoms with Crippen molar-refractivity contribution in [3.63, 3.8) is 0 Å². The zero-order chi connectivity index (χ0) is 13.8. The molecular formula is C18H18ClNO. The number of rotatable bonds is 4.